The second-order valence-electron chi connectivity index (χ2n) is 5.03. The van der Waals surface area contributed by atoms with Crippen LogP contribution in [0.5, 0.6) is 0 Å². The molecule has 1 saturated heterocycles. The molecule has 2 aliphatic heterocycles. The highest BCUT2D eigenvalue weighted by molar-refractivity contribution is 5.66. The van der Waals surface area contributed by atoms with Crippen LogP contribution >= 0.6 is 0 Å². The van der Waals surface area contributed by atoms with E-state index in [2.05, 4.69) is 10.2 Å². The lowest BCUT2D eigenvalue weighted by Gasteiger charge is -2.31. The highest BCUT2D eigenvalue weighted by Crippen LogP contribution is 2.33. The highest BCUT2D eigenvalue weighted by Gasteiger charge is 2.33. The maximum absolute atomic E-state index is 11.2. The third-order valence-corrected chi connectivity index (χ3v) is 3.83. The van der Waals surface area contributed by atoms with Gasteiger partial charge in [-0.05, 0) is 19.8 Å². The molecule has 18 heavy (non-hydrogen) atoms. The Labute approximate surface area is 105 Å². The van der Waals surface area contributed by atoms with Gasteiger partial charge in [0.25, 0.3) is 0 Å². The van der Waals surface area contributed by atoms with Crippen molar-refractivity contribution < 1.29 is 14.6 Å². The van der Waals surface area contributed by atoms with E-state index >= 15 is 0 Å². The summed E-state index contributed by atoms with van der Waals surface area (Å²) in [6.45, 7) is 3.10. The van der Waals surface area contributed by atoms with E-state index in [1.165, 1.54) is 4.90 Å². The van der Waals surface area contributed by atoms with E-state index in [1.54, 1.807) is 0 Å². The fourth-order valence-corrected chi connectivity index (χ4v) is 2.81. The van der Waals surface area contributed by atoms with Crippen LogP contribution in [-0.2, 0) is 17.7 Å². The Bertz CT molecular complexity index is 465. The fourth-order valence-electron chi connectivity index (χ4n) is 2.81. The van der Waals surface area contributed by atoms with Gasteiger partial charge in [0, 0.05) is 30.3 Å². The van der Waals surface area contributed by atoms with Gasteiger partial charge in [-0.3, -0.25) is 5.10 Å². The number of hydrogen-bond donors (Lipinski definition) is 2. The van der Waals surface area contributed by atoms with Crippen molar-refractivity contribution in [3.05, 3.63) is 17.0 Å². The van der Waals surface area contributed by atoms with Gasteiger partial charge in [0.2, 0.25) is 0 Å². The molecule has 1 amide bonds. The van der Waals surface area contributed by atoms with Crippen LogP contribution in [0.2, 0.25) is 0 Å². The molecule has 3 heterocycles. The third-order valence-electron chi connectivity index (χ3n) is 3.83. The van der Waals surface area contributed by atoms with E-state index < -0.39 is 6.09 Å². The zero-order valence-electron chi connectivity index (χ0n) is 10.3. The van der Waals surface area contributed by atoms with Gasteiger partial charge < -0.3 is 14.7 Å². The van der Waals surface area contributed by atoms with E-state index in [-0.39, 0.29) is 12.1 Å². The minimum Gasteiger partial charge on any atom is -0.465 e. The predicted octanol–water partition coefficient (Wildman–Crippen LogP) is 1.69. The number of aromatic nitrogens is 2. The molecule has 0 aromatic carbocycles. The zero-order valence-corrected chi connectivity index (χ0v) is 10.3. The average molecular weight is 251 g/mol. The first-order valence-electron chi connectivity index (χ1n) is 6.34. The smallest absolute Gasteiger partial charge is 0.407 e. The maximum Gasteiger partial charge on any atom is 0.407 e. The minimum absolute atomic E-state index is 0.00667. The van der Waals surface area contributed by atoms with Crippen LogP contribution in [-0.4, -0.2) is 38.9 Å². The molecule has 6 heteroatoms. The molecule has 1 aromatic rings. The Hall–Kier alpha value is -1.56. The first kappa shape index (κ1) is 11.5. The summed E-state index contributed by atoms with van der Waals surface area (Å²) in [5, 5.41) is 16.6. The Morgan fingerprint density at radius 3 is 3.11 bits per heavy atom. The van der Waals surface area contributed by atoms with Crippen molar-refractivity contribution in [1.29, 1.82) is 0 Å². The second kappa shape index (κ2) is 4.28. The fraction of sp³-hybridized carbons (Fsp3) is 0.667. The summed E-state index contributed by atoms with van der Waals surface area (Å²) in [4.78, 5) is 12.7. The normalized spacial score (nSPS) is 27.3. The van der Waals surface area contributed by atoms with Crippen LogP contribution in [0, 0.1) is 0 Å². The number of nitrogens with one attached hydrogen (secondary N) is 1. The molecule has 6 nitrogen and oxygen atoms in total. The van der Waals surface area contributed by atoms with Gasteiger partial charge in [-0.25, -0.2) is 4.79 Å². The number of aromatic amines is 1. The lowest BCUT2D eigenvalue weighted by Crippen LogP contribution is -2.41. The Kier molecular flexibility index (Phi) is 2.74. The van der Waals surface area contributed by atoms with Gasteiger partial charge in [0.05, 0.1) is 12.2 Å². The molecule has 1 fully saturated rings. The van der Waals surface area contributed by atoms with E-state index in [0.717, 1.165) is 36.4 Å². The first-order valence-corrected chi connectivity index (χ1v) is 6.34. The topological polar surface area (TPSA) is 78.5 Å². The summed E-state index contributed by atoms with van der Waals surface area (Å²) < 4.78 is 5.64. The molecule has 0 radical (unpaired) electrons. The number of hydrogen-bond acceptors (Lipinski definition) is 3. The van der Waals surface area contributed by atoms with Crippen LogP contribution in [0.3, 0.4) is 0 Å². The SMILES string of the molecule is C[C@H]1Cc2[nH]nc(C3CCCO3)c2CN1C(=O)O. The van der Waals surface area contributed by atoms with Gasteiger partial charge in [0.1, 0.15) is 6.10 Å². The summed E-state index contributed by atoms with van der Waals surface area (Å²) in [5.41, 5.74) is 2.98. The largest absolute Gasteiger partial charge is 0.465 e. The maximum atomic E-state index is 11.2. The van der Waals surface area contributed by atoms with Crippen molar-refractivity contribution in [1.82, 2.24) is 15.1 Å². The quantitative estimate of drug-likeness (QED) is 0.796. The van der Waals surface area contributed by atoms with Crippen LogP contribution in [0.15, 0.2) is 0 Å². The number of rotatable bonds is 1. The minimum atomic E-state index is -0.868. The number of ether oxygens (including phenoxy) is 1. The summed E-state index contributed by atoms with van der Waals surface area (Å²) in [5.74, 6) is 0. The molecule has 2 N–H and O–H groups in total. The number of amides is 1. The van der Waals surface area contributed by atoms with E-state index in [9.17, 15) is 9.90 Å². The number of nitrogens with zero attached hydrogens (tertiary/aromatic N) is 2. The van der Waals surface area contributed by atoms with Gasteiger partial charge in [-0.1, -0.05) is 0 Å². The van der Waals surface area contributed by atoms with Crippen molar-refractivity contribution in [3.63, 3.8) is 0 Å². The standard InChI is InChI=1S/C12H17N3O3/c1-7-5-9-8(6-15(7)12(16)17)11(14-13-9)10-3-2-4-18-10/h7,10H,2-6H2,1H3,(H,13,14)(H,16,17)/t7-,10?/m0/s1. The van der Waals surface area contributed by atoms with Crippen LogP contribution in [0.25, 0.3) is 0 Å². The molecule has 0 bridgehead atoms. The van der Waals surface area contributed by atoms with Crippen LogP contribution in [0.4, 0.5) is 4.79 Å². The monoisotopic (exact) mass is 251 g/mol. The summed E-state index contributed by atoms with van der Waals surface area (Å²) in [6, 6.07) is -0.00667. The molecule has 1 aromatic heterocycles. The molecule has 0 spiro atoms. The lowest BCUT2D eigenvalue weighted by atomic mass is 9.98. The van der Waals surface area contributed by atoms with E-state index in [4.69, 9.17) is 4.74 Å². The number of fused-ring (bicyclic) bond motifs is 1. The Balaban J connectivity index is 1.91. The molecule has 2 atom stereocenters. The highest BCUT2D eigenvalue weighted by atomic mass is 16.5. The van der Waals surface area contributed by atoms with Crippen molar-refractivity contribution in [2.24, 2.45) is 0 Å². The zero-order chi connectivity index (χ0) is 12.7. The van der Waals surface area contributed by atoms with Crippen molar-refractivity contribution in [2.45, 2.75) is 44.9 Å². The Morgan fingerprint density at radius 1 is 1.61 bits per heavy atom. The van der Waals surface area contributed by atoms with Crippen LogP contribution < -0.4 is 0 Å². The lowest BCUT2D eigenvalue weighted by molar-refractivity contribution is 0.103. The summed E-state index contributed by atoms with van der Waals surface area (Å²) in [7, 11) is 0. The average Bonchev–Trinajstić information content (AvgIpc) is 2.94. The van der Waals surface area contributed by atoms with Crippen molar-refractivity contribution >= 4 is 6.09 Å². The molecular formula is C12H17N3O3. The van der Waals surface area contributed by atoms with Crippen molar-refractivity contribution in [3.8, 4) is 0 Å². The van der Waals surface area contributed by atoms with Gasteiger partial charge in [-0.2, -0.15) is 5.10 Å². The van der Waals surface area contributed by atoms with E-state index in [0.29, 0.717) is 13.0 Å². The second-order valence-corrected chi connectivity index (χ2v) is 5.03. The van der Waals surface area contributed by atoms with Gasteiger partial charge in [0.15, 0.2) is 0 Å². The van der Waals surface area contributed by atoms with Crippen molar-refractivity contribution in [2.75, 3.05) is 6.61 Å². The summed E-state index contributed by atoms with van der Waals surface area (Å²) >= 11 is 0. The van der Waals surface area contributed by atoms with E-state index in [1.807, 2.05) is 6.92 Å². The van der Waals surface area contributed by atoms with Gasteiger partial charge in [-0.15, -0.1) is 0 Å². The molecule has 2 aliphatic rings. The predicted molar refractivity (Wildman–Crippen MR) is 63.2 cm³/mol. The molecule has 0 saturated carbocycles. The molecular weight excluding hydrogens is 234 g/mol. The summed E-state index contributed by atoms with van der Waals surface area (Å²) in [6.07, 6.45) is 1.88. The number of carbonyl (C=O) groups is 1. The third kappa shape index (κ3) is 1.77. The Morgan fingerprint density at radius 2 is 2.44 bits per heavy atom. The molecule has 0 aliphatic carbocycles. The van der Waals surface area contributed by atoms with Gasteiger partial charge >= 0.3 is 6.09 Å². The first-order chi connectivity index (χ1) is 8.66. The molecule has 98 valence electrons. The molecule has 1 unspecified atom stereocenters. The number of carboxylic acid groups (broad SMARTS) is 1. The number of H-pyrrole nitrogens is 1. The van der Waals surface area contributed by atoms with Crippen LogP contribution in [0.1, 0.15) is 42.8 Å². The molecule has 3 rings (SSSR count).